The highest BCUT2D eigenvalue weighted by Crippen LogP contribution is 2.39. The number of ether oxygens (including phenoxy) is 2. The summed E-state index contributed by atoms with van der Waals surface area (Å²) in [5.41, 5.74) is 6.87. The number of fused-ring (bicyclic) bond motifs is 1. The van der Waals surface area contributed by atoms with Crippen molar-refractivity contribution < 1.29 is 27.4 Å². The van der Waals surface area contributed by atoms with E-state index in [-0.39, 0.29) is 17.7 Å². The average molecular weight is 565 g/mol. The van der Waals surface area contributed by atoms with Crippen LogP contribution in [0, 0.1) is 0 Å². The summed E-state index contributed by atoms with van der Waals surface area (Å²) in [6.45, 7) is 7.19. The van der Waals surface area contributed by atoms with Gasteiger partial charge in [-0.3, -0.25) is 4.79 Å². The third-order valence-electron chi connectivity index (χ3n) is 5.57. The number of aromatic nitrogens is 2. The van der Waals surface area contributed by atoms with Gasteiger partial charge in [0.15, 0.2) is 0 Å². The minimum Gasteiger partial charge on any atom is -0.491 e. The normalized spacial score (nSPS) is 12.1. The standard InChI is InChI=1S/C26H24ClF3N4O3S/c1-13(2)36-18-7-15(8-19(10-18)37-26(28,29)30)25(3,4)14-5-16(27)9-17(6-14)33-23(35)21-11-20-24(38-21)32-12-22(31)34-20/h5-13H,1-4H3,(H2,31,34)(H,33,35). The molecule has 12 heteroatoms. The molecule has 0 aliphatic carbocycles. The molecule has 0 atom stereocenters. The Morgan fingerprint density at radius 2 is 1.74 bits per heavy atom. The van der Waals surface area contributed by atoms with Crippen LogP contribution in [0.25, 0.3) is 10.3 Å². The quantitative estimate of drug-likeness (QED) is 0.246. The first-order valence-corrected chi connectivity index (χ1v) is 12.6. The molecule has 3 N–H and O–H groups in total. The predicted octanol–water partition coefficient (Wildman–Crippen LogP) is 7.19. The van der Waals surface area contributed by atoms with E-state index in [0.717, 1.165) is 11.3 Å². The highest BCUT2D eigenvalue weighted by molar-refractivity contribution is 7.20. The second kappa shape index (κ2) is 10.3. The summed E-state index contributed by atoms with van der Waals surface area (Å²) >= 11 is 7.56. The number of nitrogens with two attached hydrogens (primary N) is 1. The van der Waals surface area contributed by atoms with E-state index >= 15 is 0 Å². The molecule has 0 saturated heterocycles. The van der Waals surface area contributed by atoms with E-state index < -0.39 is 23.4 Å². The van der Waals surface area contributed by atoms with E-state index in [9.17, 15) is 18.0 Å². The molecule has 0 aliphatic heterocycles. The number of anilines is 2. The number of rotatable bonds is 7. The lowest BCUT2D eigenvalue weighted by Gasteiger charge is -2.28. The van der Waals surface area contributed by atoms with Crippen molar-refractivity contribution in [2.75, 3.05) is 11.1 Å². The Bertz CT molecular complexity index is 1510. The number of hydrogen-bond acceptors (Lipinski definition) is 7. The van der Waals surface area contributed by atoms with Crippen LogP contribution in [0.1, 0.15) is 48.5 Å². The van der Waals surface area contributed by atoms with Crippen molar-refractivity contribution in [3.8, 4) is 11.5 Å². The van der Waals surface area contributed by atoms with E-state index in [1.807, 2.05) is 13.8 Å². The van der Waals surface area contributed by atoms with E-state index in [4.69, 9.17) is 22.1 Å². The van der Waals surface area contributed by atoms with E-state index in [1.165, 1.54) is 18.3 Å². The minimum absolute atomic E-state index is 0.230. The third-order valence-corrected chi connectivity index (χ3v) is 6.81. The zero-order valence-corrected chi connectivity index (χ0v) is 22.4. The Morgan fingerprint density at radius 3 is 2.42 bits per heavy atom. The van der Waals surface area contributed by atoms with Gasteiger partial charge in [-0.15, -0.1) is 24.5 Å². The maximum atomic E-state index is 13.0. The van der Waals surface area contributed by atoms with Crippen LogP contribution in [0.2, 0.25) is 5.02 Å². The summed E-state index contributed by atoms with van der Waals surface area (Å²) in [7, 11) is 0. The molecule has 0 fully saturated rings. The Kier molecular flexibility index (Phi) is 7.44. The molecule has 2 aromatic carbocycles. The molecule has 0 bridgehead atoms. The fraction of sp³-hybridized carbons (Fsp3) is 0.269. The van der Waals surface area contributed by atoms with Crippen LogP contribution >= 0.6 is 22.9 Å². The maximum absolute atomic E-state index is 13.0. The predicted molar refractivity (Wildman–Crippen MR) is 142 cm³/mol. The molecular formula is C26H24ClF3N4O3S. The van der Waals surface area contributed by atoms with Gasteiger partial charge in [0.25, 0.3) is 5.91 Å². The van der Waals surface area contributed by atoms with Crippen LogP contribution in [-0.2, 0) is 5.41 Å². The SMILES string of the molecule is CC(C)Oc1cc(OC(F)(F)F)cc(C(C)(C)c2cc(Cl)cc(NC(=O)c3cc4nc(N)cnc4s3)c2)c1. The van der Waals surface area contributed by atoms with Crippen molar-refractivity contribution in [2.45, 2.75) is 45.6 Å². The summed E-state index contributed by atoms with van der Waals surface area (Å²) < 4.78 is 48.9. The first-order chi connectivity index (χ1) is 17.7. The van der Waals surface area contributed by atoms with Crippen molar-refractivity contribution in [1.29, 1.82) is 0 Å². The van der Waals surface area contributed by atoms with Crippen molar-refractivity contribution in [3.63, 3.8) is 0 Å². The van der Waals surface area contributed by atoms with Crippen LogP contribution in [0.15, 0.2) is 48.7 Å². The van der Waals surface area contributed by atoms with Gasteiger partial charge in [0.1, 0.15) is 27.7 Å². The molecule has 2 heterocycles. The lowest BCUT2D eigenvalue weighted by Crippen LogP contribution is -2.22. The fourth-order valence-electron chi connectivity index (χ4n) is 3.80. The molecule has 1 amide bonds. The first kappa shape index (κ1) is 27.5. The number of carbonyl (C=O) groups excluding carboxylic acids is 1. The third kappa shape index (κ3) is 6.46. The van der Waals surface area contributed by atoms with Crippen LogP contribution in [0.4, 0.5) is 24.7 Å². The molecule has 4 rings (SSSR count). The molecule has 0 aliphatic rings. The summed E-state index contributed by atoms with van der Waals surface area (Å²) in [4.78, 5) is 22.3. The van der Waals surface area contributed by atoms with Crippen molar-refractivity contribution in [2.24, 2.45) is 0 Å². The van der Waals surface area contributed by atoms with Gasteiger partial charge >= 0.3 is 6.36 Å². The van der Waals surface area contributed by atoms with Crippen LogP contribution in [0.3, 0.4) is 0 Å². The van der Waals surface area contributed by atoms with Gasteiger partial charge in [0.05, 0.1) is 17.2 Å². The van der Waals surface area contributed by atoms with Crippen molar-refractivity contribution in [3.05, 3.63) is 69.7 Å². The number of hydrogen-bond donors (Lipinski definition) is 2. The topological polar surface area (TPSA) is 99.4 Å². The summed E-state index contributed by atoms with van der Waals surface area (Å²) in [5.74, 6) is -0.321. The minimum atomic E-state index is -4.87. The summed E-state index contributed by atoms with van der Waals surface area (Å²) in [6, 6.07) is 10.7. The van der Waals surface area contributed by atoms with Gasteiger partial charge in [-0.1, -0.05) is 25.4 Å². The molecule has 0 unspecified atom stereocenters. The Balaban J connectivity index is 1.67. The Morgan fingerprint density at radius 1 is 1.05 bits per heavy atom. The molecule has 38 heavy (non-hydrogen) atoms. The Hall–Kier alpha value is -3.57. The molecule has 200 valence electrons. The summed E-state index contributed by atoms with van der Waals surface area (Å²) in [6.07, 6.45) is -3.72. The molecule has 4 aromatic rings. The van der Waals surface area contributed by atoms with E-state index in [0.29, 0.717) is 37.1 Å². The number of benzene rings is 2. The molecular weight excluding hydrogens is 541 g/mol. The monoisotopic (exact) mass is 564 g/mol. The van der Waals surface area contributed by atoms with Crippen LogP contribution in [-0.4, -0.2) is 28.3 Å². The number of nitrogen functional groups attached to an aromatic ring is 1. The van der Waals surface area contributed by atoms with Gasteiger partial charge in [0, 0.05) is 22.2 Å². The zero-order valence-electron chi connectivity index (χ0n) is 20.8. The largest absolute Gasteiger partial charge is 0.573 e. The molecule has 0 radical (unpaired) electrons. The number of nitrogens with one attached hydrogen (secondary N) is 1. The molecule has 2 aromatic heterocycles. The van der Waals surface area contributed by atoms with Crippen LogP contribution < -0.4 is 20.5 Å². The number of carbonyl (C=O) groups is 1. The summed E-state index contributed by atoms with van der Waals surface area (Å²) in [5, 5.41) is 3.15. The number of halogens is 4. The smallest absolute Gasteiger partial charge is 0.491 e. The van der Waals surface area contributed by atoms with Gasteiger partial charge in [-0.25, -0.2) is 9.97 Å². The average Bonchev–Trinajstić information content (AvgIpc) is 3.20. The van der Waals surface area contributed by atoms with Gasteiger partial charge in [0.2, 0.25) is 0 Å². The first-order valence-electron chi connectivity index (χ1n) is 11.4. The van der Waals surface area contributed by atoms with E-state index in [1.54, 1.807) is 44.2 Å². The van der Waals surface area contributed by atoms with Gasteiger partial charge in [-0.05, 0) is 61.4 Å². The highest BCUT2D eigenvalue weighted by Gasteiger charge is 2.33. The number of alkyl halides is 3. The van der Waals surface area contributed by atoms with Crippen molar-refractivity contribution in [1.82, 2.24) is 9.97 Å². The maximum Gasteiger partial charge on any atom is 0.573 e. The van der Waals surface area contributed by atoms with Gasteiger partial charge < -0.3 is 20.5 Å². The van der Waals surface area contributed by atoms with Crippen molar-refractivity contribution >= 4 is 50.7 Å². The number of nitrogens with zero attached hydrogens (tertiary/aromatic N) is 2. The lowest BCUT2D eigenvalue weighted by molar-refractivity contribution is -0.274. The second-order valence-electron chi connectivity index (χ2n) is 9.31. The number of thiophene rings is 1. The lowest BCUT2D eigenvalue weighted by atomic mass is 9.78. The molecule has 0 saturated carbocycles. The molecule has 0 spiro atoms. The van der Waals surface area contributed by atoms with Crippen LogP contribution in [0.5, 0.6) is 11.5 Å². The number of amides is 1. The van der Waals surface area contributed by atoms with E-state index in [2.05, 4.69) is 20.0 Å². The molecule has 7 nitrogen and oxygen atoms in total. The van der Waals surface area contributed by atoms with Gasteiger partial charge in [-0.2, -0.15) is 0 Å². The Labute approximate surface area is 225 Å². The zero-order chi connectivity index (χ0) is 27.8. The second-order valence-corrected chi connectivity index (χ2v) is 10.8. The highest BCUT2D eigenvalue weighted by atomic mass is 35.5. The fourth-order valence-corrected chi connectivity index (χ4v) is 4.87.